The zero-order valence-electron chi connectivity index (χ0n) is 14.4. The Balaban J connectivity index is 1.47. The topological polar surface area (TPSA) is 67.6 Å². The van der Waals surface area contributed by atoms with E-state index in [9.17, 15) is 9.90 Å². The molecule has 0 saturated carbocycles. The lowest BCUT2D eigenvalue weighted by molar-refractivity contribution is -0.0982. The molecule has 0 bridgehead atoms. The summed E-state index contributed by atoms with van der Waals surface area (Å²) in [4.78, 5) is 15.4. The number of fused-ring (bicyclic) bond motifs is 2. The molecule has 4 rings (SSSR count). The van der Waals surface area contributed by atoms with Crippen molar-refractivity contribution in [3.63, 3.8) is 0 Å². The molecule has 25 heavy (non-hydrogen) atoms. The van der Waals surface area contributed by atoms with Gasteiger partial charge in [-0.25, -0.2) is 4.79 Å². The summed E-state index contributed by atoms with van der Waals surface area (Å²) in [6.07, 6.45) is 4.66. The molecule has 0 aromatic carbocycles. The third kappa shape index (κ3) is 3.12. The van der Waals surface area contributed by atoms with Gasteiger partial charge in [-0.05, 0) is 37.5 Å². The van der Waals surface area contributed by atoms with E-state index in [2.05, 4.69) is 23.0 Å². The maximum Gasteiger partial charge on any atom is 0.345 e. The number of carboxylic acids is 1. The number of aryl methyl sites for hydroxylation is 1. The number of carboxylic acid groups (broad SMARTS) is 1. The SMILES string of the molecule is CCn1ccc(CN2CCC3(CC2)OCCc2sc(C(=O)O)cc23)n1. The molecule has 1 fully saturated rings. The van der Waals surface area contributed by atoms with Crippen molar-refractivity contribution < 1.29 is 14.6 Å². The molecule has 2 aliphatic rings. The summed E-state index contributed by atoms with van der Waals surface area (Å²) in [6, 6.07) is 3.93. The number of rotatable bonds is 4. The number of hydrogen-bond donors (Lipinski definition) is 1. The molecule has 1 N–H and O–H groups in total. The Morgan fingerprint density at radius 2 is 2.24 bits per heavy atom. The largest absolute Gasteiger partial charge is 0.477 e. The van der Waals surface area contributed by atoms with Gasteiger partial charge in [-0.1, -0.05) is 0 Å². The van der Waals surface area contributed by atoms with Crippen molar-refractivity contribution in [1.82, 2.24) is 14.7 Å². The highest BCUT2D eigenvalue weighted by Crippen LogP contribution is 2.44. The fourth-order valence-electron chi connectivity index (χ4n) is 3.90. The number of likely N-dealkylation sites (tertiary alicyclic amines) is 1. The molecule has 134 valence electrons. The molecule has 1 saturated heterocycles. The molecule has 6 nitrogen and oxygen atoms in total. The summed E-state index contributed by atoms with van der Waals surface area (Å²) < 4.78 is 8.17. The normalized spacial score (nSPS) is 19.9. The number of carbonyl (C=O) groups is 1. The van der Waals surface area contributed by atoms with E-state index in [1.54, 1.807) is 0 Å². The molecular weight excluding hydrogens is 338 g/mol. The minimum Gasteiger partial charge on any atom is -0.477 e. The Morgan fingerprint density at radius 1 is 1.44 bits per heavy atom. The van der Waals surface area contributed by atoms with Crippen molar-refractivity contribution >= 4 is 17.3 Å². The molecular formula is C18H23N3O3S. The predicted octanol–water partition coefficient (Wildman–Crippen LogP) is 2.73. The highest BCUT2D eigenvalue weighted by Gasteiger charge is 2.42. The third-order valence-electron chi connectivity index (χ3n) is 5.29. The minimum atomic E-state index is -0.835. The number of aromatic nitrogens is 2. The molecule has 7 heteroatoms. The molecule has 0 amide bonds. The smallest absolute Gasteiger partial charge is 0.345 e. The van der Waals surface area contributed by atoms with Crippen LogP contribution in [0.4, 0.5) is 0 Å². The summed E-state index contributed by atoms with van der Waals surface area (Å²) in [5.41, 5.74) is 1.93. The number of nitrogens with zero attached hydrogens (tertiary/aromatic N) is 3. The van der Waals surface area contributed by atoms with E-state index >= 15 is 0 Å². The maximum atomic E-state index is 11.3. The Kier molecular flexibility index (Phi) is 4.39. The number of hydrogen-bond acceptors (Lipinski definition) is 5. The second-order valence-electron chi connectivity index (χ2n) is 6.78. The summed E-state index contributed by atoms with van der Waals surface area (Å²) in [6.45, 7) is 6.41. The zero-order valence-corrected chi connectivity index (χ0v) is 15.2. The van der Waals surface area contributed by atoms with Crippen molar-refractivity contribution in [1.29, 1.82) is 0 Å². The summed E-state index contributed by atoms with van der Waals surface area (Å²) >= 11 is 1.41. The molecule has 2 aliphatic heterocycles. The van der Waals surface area contributed by atoms with Crippen molar-refractivity contribution in [2.45, 2.75) is 44.9 Å². The number of piperidine rings is 1. The Morgan fingerprint density at radius 3 is 2.92 bits per heavy atom. The summed E-state index contributed by atoms with van der Waals surface area (Å²) in [5.74, 6) is -0.835. The number of aromatic carboxylic acids is 1. The fraction of sp³-hybridized carbons (Fsp3) is 0.556. The Labute approximate surface area is 151 Å². The van der Waals surface area contributed by atoms with Crippen molar-refractivity contribution in [3.05, 3.63) is 39.3 Å². The first-order valence-corrected chi connectivity index (χ1v) is 9.66. The molecule has 0 radical (unpaired) electrons. The van der Waals surface area contributed by atoms with Gasteiger partial charge in [0.1, 0.15) is 4.88 Å². The van der Waals surface area contributed by atoms with E-state index in [0.29, 0.717) is 11.5 Å². The van der Waals surface area contributed by atoms with Crippen LogP contribution in [-0.4, -0.2) is 45.5 Å². The molecule has 0 aliphatic carbocycles. The quantitative estimate of drug-likeness (QED) is 0.907. The maximum absolute atomic E-state index is 11.3. The van der Waals surface area contributed by atoms with Gasteiger partial charge in [0.2, 0.25) is 0 Å². The van der Waals surface area contributed by atoms with Crippen molar-refractivity contribution in [2.75, 3.05) is 19.7 Å². The predicted molar refractivity (Wildman–Crippen MR) is 95.0 cm³/mol. The van der Waals surface area contributed by atoms with Crippen LogP contribution in [-0.2, 0) is 29.8 Å². The van der Waals surface area contributed by atoms with Gasteiger partial charge in [0.05, 0.1) is 17.9 Å². The van der Waals surface area contributed by atoms with Gasteiger partial charge in [-0.3, -0.25) is 9.58 Å². The van der Waals surface area contributed by atoms with Gasteiger partial charge in [-0.2, -0.15) is 5.10 Å². The molecule has 2 aromatic rings. The monoisotopic (exact) mass is 361 g/mol. The van der Waals surface area contributed by atoms with Crippen LogP contribution in [0.5, 0.6) is 0 Å². The van der Waals surface area contributed by atoms with Crippen molar-refractivity contribution in [3.8, 4) is 0 Å². The zero-order chi connectivity index (χ0) is 17.4. The van der Waals surface area contributed by atoms with Crippen LogP contribution in [0.15, 0.2) is 18.3 Å². The molecule has 2 aromatic heterocycles. The number of thiophene rings is 1. The second-order valence-corrected chi connectivity index (χ2v) is 7.92. The first kappa shape index (κ1) is 16.8. The summed E-state index contributed by atoms with van der Waals surface area (Å²) in [5, 5.41) is 13.9. The van der Waals surface area contributed by atoms with Crippen LogP contribution in [0.25, 0.3) is 0 Å². The summed E-state index contributed by atoms with van der Waals surface area (Å²) in [7, 11) is 0. The first-order chi connectivity index (χ1) is 12.1. The van der Waals surface area contributed by atoms with Crippen LogP contribution in [0, 0.1) is 0 Å². The van der Waals surface area contributed by atoms with Gasteiger partial charge in [-0.15, -0.1) is 11.3 Å². The highest BCUT2D eigenvalue weighted by atomic mass is 32.1. The van der Waals surface area contributed by atoms with E-state index in [-0.39, 0.29) is 5.60 Å². The third-order valence-corrected chi connectivity index (χ3v) is 6.47. The average Bonchev–Trinajstić information content (AvgIpc) is 3.24. The van der Waals surface area contributed by atoms with Crippen LogP contribution in [0.3, 0.4) is 0 Å². The van der Waals surface area contributed by atoms with E-state index in [1.165, 1.54) is 16.2 Å². The lowest BCUT2D eigenvalue weighted by Gasteiger charge is -2.44. The van der Waals surface area contributed by atoms with E-state index in [1.807, 2.05) is 16.9 Å². The average molecular weight is 361 g/mol. The second kappa shape index (κ2) is 6.55. The molecule has 0 unspecified atom stereocenters. The lowest BCUT2D eigenvalue weighted by Crippen LogP contribution is -2.45. The number of ether oxygens (including phenoxy) is 1. The fourth-order valence-corrected chi connectivity index (χ4v) is 4.97. The molecule has 1 spiro atoms. The van der Waals surface area contributed by atoms with E-state index < -0.39 is 5.97 Å². The van der Waals surface area contributed by atoms with E-state index in [4.69, 9.17) is 4.74 Å². The molecule has 4 heterocycles. The van der Waals surface area contributed by atoms with Crippen LogP contribution < -0.4 is 0 Å². The Hall–Kier alpha value is -1.70. The van der Waals surface area contributed by atoms with E-state index in [0.717, 1.165) is 56.7 Å². The first-order valence-electron chi connectivity index (χ1n) is 8.85. The highest BCUT2D eigenvalue weighted by molar-refractivity contribution is 7.14. The van der Waals surface area contributed by atoms with Gasteiger partial charge in [0, 0.05) is 43.7 Å². The van der Waals surface area contributed by atoms with Gasteiger partial charge in [0.25, 0.3) is 0 Å². The van der Waals surface area contributed by atoms with Crippen molar-refractivity contribution in [2.24, 2.45) is 0 Å². The van der Waals surface area contributed by atoms with Crippen LogP contribution in [0.2, 0.25) is 0 Å². The van der Waals surface area contributed by atoms with Crippen LogP contribution >= 0.6 is 11.3 Å². The van der Waals surface area contributed by atoms with Gasteiger partial charge < -0.3 is 9.84 Å². The Bertz CT molecular complexity index is 774. The standard InChI is InChI=1S/C18H23N3O3S/c1-2-21-7-3-13(19-21)12-20-8-5-18(6-9-20)14-11-16(17(22)23)25-15(14)4-10-24-18/h3,7,11H,2,4-6,8-10,12H2,1H3,(H,22,23). The van der Waals surface area contributed by atoms with Crippen LogP contribution in [0.1, 0.15) is 45.6 Å². The van der Waals surface area contributed by atoms with Gasteiger partial charge in [0.15, 0.2) is 0 Å². The molecule has 0 atom stereocenters. The van der Waals surface area contributed by atoms with Gasteiger partial charge >= 0.3 is 5.97 Å². The minimum absolute atomic E-state index is 0.295. The lowest BCUT2D eigenvalue weighted by atomic mass is 9.82.